The number of amides is 1. The molecule has 0 saturated heterocycles. The van der Waals surface area contributed by atoms with Gasteiger partial charge in [-0.05, 0) is 42.8 Å². The van der Waals surface area contributed by atoms with Gasteiger partial charge >= 0.3 is 0 Å². The van der Waals surface area contributed by atoms with Gasteiger partial charge in [0, 0.05) is 54.2 Å². The van der Waals surface area contributed by atoms with Crippen molar-refractivity contribution >= 4 is 27.1 Å². The highest BCUT2D eigenvalue weighted by Crippen LogP contribution is 2.31. The molecule has 5 aromatic rings. The van der Waals surface area contributed by atoms with Gasteiger partial charge in [-0.2, -0.15) is 0 Å². The second kappa shape index (κ2) is 9.78. The number of fused-ring (bicyclic) bond motifs is 1. The summed E-state index contributed by atoms with van der Waals surface area (Å²) in [6.07, 6.45) is 7.30. The van der Waals surface area contributed by atoms with Gasteiger partial charge in [0.1, 0.15) is 33.4 Å². The highest BCUT2D eigenvalue weighted by atomic mass is 32.2. The molecule has 0 unspecified atom stereocenters. The number of anilines is 1. The van der Waals surface area contributed by atoms with Crippen LogP contribution < -0.4 is 5.32 Å². The molecule has 194 valence electrons. The Bertz CT molecular complexity index is 1780. The fourth-order valence-electron chi connectivity index (χ4n) is 3.92. The molecular weight excluding hydrogens is 516 g/mol. The average molecular weight is 538 g/mol. The number of imidazole rings is 1. The van der Waals surface area contributed by atoms with Crippen LogP contribution in [-0.2, 0) is 16.3 Å². The van der Waals surface area contributed by atoms with Crippen molar-refractivity contribution in [2.24, 2.45) is 0 Å². The zero-order valence-electron chi connectivity index (χ0n) is 20.3. The van der Waals surface area contributed by atoms with Crippen LogP contribution in [0.4, 0.5) is 14.5 Å². The number of rotatable bonds is 7. The number of pyridine rings is 2. The predicted octanol–water partition coefficient (Wildman–Crippen LogP) is 4.48. The van der Waals surface area contributed by atoms with Crippen molar-refractivity contribution in [3.63, 3.8) is 0 Å². The molecule has 0 bridgehead atoms. The Labute approximate surface area is 216 Å². The predicted molar refractivity (Wildman–Crippen MR) is 136 cm³/mol. The fraction of sp³-hybridized carbons (Fsp3) is 0.154. The minimum absolute atomic E-state index is 0.00888. The summed E-state index contributed by atoms with van der Waals surface area (Å²) in [7, 11) is -3.20. The third-order valence-corrected chi connectivity index (χ3v) is 6.62. The van der Waals surface area contributed by atoms with E-state index < -0.39 is 27.4 Å². The highest BCUT2D eigenvalue weighted by Gasteiger charge is 2.18. The molecule has 0 spiro atoms. The number of carbonyl (C=O) groups is 1. The van der Waals surface area contributed by atoms with Crippen molar-refractivity contribution in [1.82, 2.24) is 19.4 Å². The maximum absolute atomic E-state index is 14.1. The molecule has 0 atom stereocenters. The summed E-state index contributed by atoms with van der Waals surface area (Å²) in [6.45, 7) is 1.82. The third kappa shape index (κ3) is 5.59. The van der Waals surface area contributed by atoms with Gasteiger partial charge in [-0.15, -0.1) is 0 Å². The van der Waals surface area contributed by atoms with Gasteiger partial charge in [0.15, 0.2) is 5.69 Å². The van der Waals surface area contributed by atoms with Gasteiger partial charge in [0.25, 0.3) is 5.91 Å². The Morgan fingerprint density at radius 2 is 1.82 bits per heavy atom. The number of aromatic nitrogens is 4. The first-order valence-corrected chi connectivity index (χ1v) is 13.5. The number of nitrogens with one attached hydrogen (secondary N) is 1. The molecule has 4 heterocycles. The second-order valence-corrected chi connectivity index (χ2v) is 11.1. The summed E-state index contributed by atoms with van der Waals surface area (Å²) in [5, 5.41) is 2.73. The first kappa shape index (κ1) is 25.2. The molecule has 0 radical (unpaired) electrons. The summed E-state index contributed by atoms with van der Waals surface area (Å²) in [5.74, 6) is -2.05. The van der Waals surface area contributed by atoms with E-state index in [9.17, 15) is 22.0 Å². The van der Waals surface area contributed by atoms with Crippen LogP contribution in [0.2, 0.25) is 0 Å². The lowest BCUT2D eigenvalue weighted by Gasteiger charge is -2.12. The van der Waals surface area contributed by atoms with E-state index in [0.717, 1.165) is 30.1 Å². The molecular formula is C26H21F2N5O4S. The SMILES string of the molecule is Cc1cc(-c2nc(C(=O)Nc3cn4cc(CCS(C)(=O)=O)nc4cc3-c3cc(F)cc(F)c3)co2)ccn1. The Hall–Kier alpha value is -4.45. The van der Waals surface area contributed by atoms with Crippen LogP contribution in [0, 0.1) is 18.6 Å². The van der Waals surface area contributed by atoms with Gasteiger partial charge in [-0.25, -0.2) is 27.2 Å². The van der Waals surface area contributed by atoms with E-state index in [2.05, 4.69) is 20.3 Å². The molecule has 0 aliphatic carbocycles. The maximum atomic E-state index is 14.1. The van der Waals surface area contributed by atoms with Crippen LogP contribution in [0.3, 0.4) is 0 Å². The molecule has 1 amide bonds. The van der Waals surface area contributed by atoms with E-state index in [-0.39, 0.29) is 35.0 Å². The Kier molecular flexibility index (Phi) is 6.49. The van der Waals surface area contributed by atoms with Crippen molar-refractivity contribution in [2.45, 2.75) is 13.3 Å². The number of sulfone groups is 1. The van der Waals surface area contributed by atoms with Crippen LogP contribution >= 0.6 is 0 Å². The number of carbonyl (C=O) groups excluding carboxylic acids is 1. The molecule has 0 fully saturated rings. The number of halogens is 2. The summed E-state index contributed by atoms with van der Waals surface area (Å²) in [6, 6.07) is 8.04. The van der Waals surface area contributed by atoms with Crippen molar-refractivity contribution in [3.05, 3.63) is 90.0 Å². The summed E-state index contributed by atoms with van der Waals surface area (Å²) >= 11 is 0. The molecule has 9 nitrogen and oxygen atoms in total. The van der Waals surface area contributed by atoms with Crippen molar-refractivity contribution in [3.8, 4) is 22.6 Å². The molecule has 12 heteroatoms. The number of aryl methyl sites for hydroxylation is 2. The summed E-state index contributed by atoms with van der Waals surface area (Å²) < 4.78 is 58.3. The largest absolute Gasteiger partial charge is 0.444 e. The fourth-order valence-corrected chi connectivity index (χ4v) is 4.50. The lowest BCUT2D eigenvalue weighted by atomic mass is 10.0. The molecule has 5 rings (SSSR count). The van der Waals surface area contributed by atoms with E-state index in [1.165, 1.54) is 12.5 Å². The molecule has 0 aliphatic heterocycles. The van der Waals surface area contributed by atoms with Crippen LogP contribution in [-0.4, -0.2) is 45.7 Å². The molecule has 0 aliphatic rings. The second-order valence-electron chi connectivity index (χ2n) is 8.81. The third-order valence-electron chi connectivity index (χ3n) is 5.67. The summed E-state index contributed by atoms with van der Waals surface area (Å²) in [4.78, 5) is 25.9. The quantitative estimate of drug-likeness (QED) is 0.325. The molecule has 0 saturated carbocycles. The van der Waals surface area contributed by atoms with Crippen molar-refractivity contribution in [1.29, 1.82) is 0 Å². The minimum atomic E-state index is -3.20. The van der Waals surface area contributed by atoms with Gasteiger partial charge in [-0.3, -0.25) is 9.78 Å². The van der Waals surface area contributed by atoms with E-state index in [0.29, 0.717) is 22.5 Å². The van der Waals surface area contributed by atoms with Crippen LogP contribution in [0.5, 0.6) is 0 Å². The van der Waals surface area contributed by atoms with Crippen molar-refractivity contribution < 1.29 is 26.4 Å². The van der Waals surface area contributed by atoms with E-state index in [4.69, 9.17) is 4.42 Å². The normalized spacial score (nSPS) is 11.7. The van der Waals surface area contributed by atoms with Crippen LogP contribution in [0.15, 0.2) is 65.7 Å². The average Bonchev–Trinajstić information content (AvgIpc) is 3.48. The van der Waals surface area contributed by atoms with Crippen LogP contribution in [0.1, 0.15) is 21.9 Å². The minimum Gasteiger partial charge on any atom is -0.444 e. The Morgan fingerprint density at radius 1 is 1.05 bits per heavy atom. The van der Waals surface area contributed by atoms with E-state index >= 15 is 0 Å². The molecule has 4 aromatic heterocycles. The lowest BCUT2D eigenvalue weighted by Crippen LogP contribution is -2.13. The van der Waals surface area contributed by atoms with Gasteiger partial charge < -0.3 is 14.1 Å². The van der Waals surface area contributed by atoms with Gasteiger partial charge in [0.05, 0.1) is 17.1 Å². The summed E-state index contributed by atoms with van der Waals surface area (Å²) in [5.41, 5.74) is 3.01. The Morgan fingerprint density at radius 3 is 2.53 bits per heavy atom. The topological polar surface area (TPSA) is 119 Å². The molecule has 38 heavy (non-hydrogen) atoms. The zero-order valence-corrected chi connectivity index (χ0v) is 21.1. The van der Waals surface area contributed by atoms with E-state index in [1.54, 1.807) is 35.0 Å². The maximum Gasteiger partial charge on any atom is 0.277 e. The van der Waals surface area contributed by atoms with Gasteiger partial charge in [0.2, 0.25) is 5.89 Å². The number of oxazole rings is 1. The monoisotopic (exact) mass is 537 g/mol. The number of nitrogens with zero attached hydrogens (tertiary/aromatic N) is 4. The zero-order chi connectivity index (χ0) is 27.0. The number of hydrogen-bond donors (Lipinski definition) is 1. The van der Waals surface area contributed by atoms with E-state index in [1.807, 2.05) is 6.92 Å². The first-order valence-electron chi connectivity index (χ1n) is 11.4. The van der Waals surface area contributed by atoms with Crippen LogP contribution in [0.25, 0.3) is 28.2 Å². The smallest absolute Gasteiger partial charge is 0.277 e. The highest BCUT2D eigenvalue weighted by molar-refractivity contribution is 7.90. The number of benzene rings is 1. The number of hydrogen-bond acceptors (Lipinski definition) is 7. The molecule has 1 N–H and O–H groups in total. The Balaban J connectivity index is 1.52. The van der Waals surface area contributed by atoms with Crippen molar-refractivity contribution in [2.75, 3.05) is 17.3 Å². The molecule has 1 aromatic carbocycles. The first-order chi connectivity index (χ1) is 18.0. The lowest BCUT2D eigenvalue weighted by molar-refractivity contribution is 0.102. The standard InChI is InChI=1S/C26H21F2N5O4S/c1-15-7-16(3-5-29-15)26-32-23(14-37-26)25(34)31-22-13-33-12-20(4-6-38(2,35)36)30-24(33)11-21(22)17-8-18(27)10-19(28)9-17/h3,5,7-14H,4,6H2,1-2H3,(H,31,34). The van der Waals surface area contributed by atoms with Gasteiger partial charge in [-0.1, -0.05) is 0 Å².